The van der Waals surface area contributed by atoms with Gasteiger partial charge in [0.15, 0.2) is 0 Å². The van der Waals surface area contributed by atoms with Crippen molar-refractivity contribution in [3.8, 4) is 5.75 Å². The first-order valence-corrected chi connectivity index (χ1v) is 4.86. The van der Waals surface area contributed by atoms with Crippen LogP contribution in [0.1, 0.15) is 5.56 Å². The molecule has 4 nitrogen and oxygen atoms in total. The van der Waals surface area contributed by atoms with Gasteiger partial charge in [-0.25, -0.2) is 0 Å². The summed E-state index contributed by atoms with van der Waals surface area (Å²) in [7, 11) is 1.58. The van der Waals surface area contributed by atoms with Crippen molar-refractivity contribution in [1.29, 1.82) is 0 Å². The van der Waals surface area contributed by atoms with E-state index in [1.807, 2.05) is 22.6 Å². The highest BCUT2D eigenvalue weighted by atomic mass is 127. The molecule has 0 amide bonds. The molecule has 74 valence electrons. The normalized spacial score (nSPS) is 11.1. The molecule has 0 saturated carbocycles. The Hall–Kier alpha value is -1.11. The molecule has 0 aliphatic carbocycles. The second-order valence-corrected chi connectivity index (χ2v) is 3.65. The summed E-state index contributed by atoms with van der Waals surface area (Å²) in [5, 5.41) is 10.2. The van der Waals surface area contributed by atoms with Crippen molar-refractivity contribution in [3.05, 3.63) is 46.1 Å². The lowest BCUT2D eigenvalue weighted by molar-refractivity contribution is -0.401. The van der Waals surface area contributed by atoms with Crippen molar-refractivity contribution in [3.63, 3.8) is 0 Å². The third kappa shape index (κ3) is 2.99. The van der Waals surface area contributed by atoms with Gasteiger partial charge < -0.3 is 4.74 Å². The predicted octanol–water partition coefficient (Wildman–Crippen LogP) is 2.71. The fourth-order valence-electron chi connectivity index (χ4n) is 0.917. The number of nitrogens with zero attached hydrogens (tertiary/aromatic N) is 1. The van der Waals surface area contributed by atoms with E-state index in [4.69, 9.17) is 4.74 Å². The van der Waals surface area contributed by atoms with Crippen molar-refractivity contribution < 1.29 is 9.66 Å². The summed E-state index contributed by atoms with van der Waals surface area (Å²) < 4.78 is 5.57. The van der Waals surface area contributed by atoms with E-state index < -0.39 is 4.92 Å². The molecular formula is C9H8INO3. The lowest BCUT2D eigenvalue weighted by atomic mass is 10.2. The fourth-order valence-corrected chi connectivity index (χ4v) is 1.50. The maximum absolute atomic E-state index is 10.2. The minimum atomic E-state index is -0.466. The highest BCUT2D eigenvalue weighted by Gasteiger charge is 2.02. The molecule has 0 bridgehead atoms. The summed E-state index contributed by atoms with van der Waals surface area (Å²) in [5.41, 5.74) is 0.808. The minimum Gasteiger partial charge on any atom is -0.497 e. The van der Waals surface area contributed by atoms with Gasteiger partial charge in [-0.05, 0) is 40.3 Å². The monoisotopic (exact) mass is 305 g/mol. The van der Waals surface area contributed by atoms with E-state index in [0.717, 1.165) is 17.5 Å². The molecule has 0 unspecified atom stereocenters. The van der Waals surface area contributed by atoms with Gasteiger partial charge in [0.2, 0.25) is 6.20 Å². The highest BCUT2D eigenvalue weighted by molar-refractivity contribution is 14.1. The van der Waals surface area contributed by atoms with Crippen LogP contribution < -0.4 is 4.74 Å². The first-order valence-electron chi connectivity index (χ1n) is 3.78. The quantitative estimate of drug-likeness (QED) is 0.490. The zero-order chi connectivity index (χ0) is 10.6. The summed E-state index contributed by atoms with van der Waals surface area (Å²) in [6.45, 7) is 0. The van der Waals surface area contributed by atoms with Crippen LogP contribution in [0.15, 0.2) is 30.5 Å². The van der Waals surface area contributed by atoms with E-state index in [0.29, 0.717) is 3.58 Å². The predicted molar refractivity (Wildman–Crippen MR) is 62.0 cm³/mol. The van der Waals surface area contributed by atoms with Gasteiger partial charge in [-0.15, -0.1) is 0 Å². The van der Waals surface area contributed by atoms with Crippen LogP contribution in [0.3, 0.4) is 0 Å². The fraction of sp³-hybridized carbons (Fsp3) is 0.111. The number of ether oxygens (including phenoxy) is 1. The van der Waals surface area contributed by atoms with E-state index in [2.05, 4.69) is 0 Å². The zero-order valence-corrected chi connectivity index (χ0v) is 9.59. The smallest absolute Gasteiger partial charge is 0.248 e. The first-order chi connectivity index (χ1) is 6.63. The van der Waals surface area contributed by atoms with Gasteiger partial charge in [-0.1, -0.05) is 12.1 Å². The van der Waals surface area contributed by atoms with Crippen LogP contribution in [0.4, 0.5) is 0 Å². The van der Waals surface area contributed by atoms with Crippen molar-refractivity contribution in [2.75, 3.05) is 7.11 Å². The number of hydrogen-bond donors (Lipinski definition) is 0. The average Bonchev–Trinajstić information content (AvgIpc) is 2.17. The Balaban J connectivity index is 2.92. The van der Waals surface area contributed by atoms with E-state index in [9.17, 15) is 10.1 Å². The Morgan fingerprint density at radius 3 is 2.50 bits per heavy atom. The topological polar surface area (TPSA) is 52.4 Å². The van der Waals surface area contributed by atoms with E-state index in [-0.39, 0.29) is 0 Å². The maximum Gasteiger partial charge on any atom is 0.248 e. The van der Waals surface area contributed by atoms with Gasteiger partial charge >= 0.3 is 0 Å². The molecule has 0 aliphatic rings. The van der Waals surface area contributed by atoms with Gasteiger partial charge in [-0.2, -0.15) is 0 Å². The van der Waals surface area contributed by atoms with E-state index >= 15 is 0 Å². The van der Waals surface area contributed by atoms with Crippen LogP contribution in [-0.4, -0.2) is 12.0 Å². The Bertz CT molecular complexity index is 359. The van der Waals surface area contributed by atoms with Crippen molar-refractivity contribution in [1.82, 2.24) is 0 Å². The van der Waals surface area contributed by atoms with Crippen molar-refractivity contribution in [2.45, 2.75) is 0 Å². The lowest BCUT2D eigenvalue weighted by Crippen LogP contribution is -1.86. The highest BCUT2D eigenvalue weighted by Crippen LogP contribution is 2.23. The molecule has 0 spiro atoms. The maximum atomic E-state index is 10.2. The number of nitro groups is 1. The second kappa shape index (κ2) is 4.94. The van der Waals surface area contributed by atoms with Crippen LogP contribution in [0.25, 0.3) is 3.58 Å². The SMILES string of the molecule is COc1ccc(/C(I)=C/[N+](=O)[O-])cc1. The molecule has 0 aliphatic heterocycles. The van der Waals surface area contributed by atoms with E-state index in [1.165, 1.54) is 0 Å². The van der Waals surface area contributed by atoms with Gasteiger partial charge in [0.25, 0.3) is 0 Å². The van der Waals surface area contributed by atoms with Gasteiger partial charge in [0.05, 0.1) is 15.6 Å². The van der Waals surface area contributed by atoms with Crippen LogP contribution in [0.2, 0.25) is 0 Å². The summed E-state index contributed by atoms with van der Waals surface area (Å²) >= 11 is 1.93. The van der Waals surface area contributed by atoms with Crippen molar-refractivity contribution in [2.24, 2.45) is 0 Å². The molecule has 0 saturated heterocycles. The number of methoxy groups -OCH3 is 1. The van der Waals surface area contributed by atoms with Gasteiger partial charge in [0, 0.05) is 0 Å². The molecule has 0 atom stereocenters. The number of benzene rings is 1. The molecule has 0 fully saturated rings. The zero-order valence-electron chi connectivity index (χ0n) is 7.44. The Morgan fingerprint density at radius 1 is 1.50 bits per heavy atom. The molecule has 1 aromatic carbocycles. The van der Waals surface area contributed by atoms with Crippen LogP contribution in [0, 0.1) is 10.1 Å². The largest absolute Gasteiger partial charge is 0.497 e. The van der Waals surface area contributed by atoms with Crippen molar-refractivity contribution >= 4 is 26.2 Å². The van der Waals surface area contributed by atoms with Crippen LogP contribution in [0.5, 0.6) is 5.75 Å². The molecule has 1 rings (SSSR count). The summed E-state index contributed by atoms with van der Waals surface area (Å²) in [4.78, 5) is 9.74. The molecule has 14 heavy (non-hydrogen) atoms. The molecular weight excluding hydrogens is 297 g/mol. The third-order valence-corrected chi connectivity index (χ3v) is 2.49. The van der Waals surface area contributed by atoms with Gasteiger partial charge in [-0.3, -0.25) is 10.1 Å². The number of halogens is 1. The van der Waals surface area contributed by atoms with Crippen LogP contribution in [-0.2, 0) is 0 Å². The summed E-state index contributed by atoms with van der Waals surface area (Å²) in [6.07, 6.45) is 0.975. The lowest BCUT2D eigenvalue weighted by Gasteiger charge is -2.00. The summed E-state index contributed by atoms with van der Waals surface area (Å²) in [5.74, 6) is 0.735. The Labute approximate surface area is 94.9 Å². The Morgan fingerprint density at radius 2 is 2.07 bits per heavy atom. The standard InChI is InChI=1S/C9H8INO3/c1-14-8-4-2-7(3-5-8)9(10)6-11(12)13/h2-6H,1H3/b9-6-. The Kier molecular flexibility index (Phi) is 3.87. The molecule has 0 radical (unpaired) electrons. The third-order valence-electron chi connectivity index (χ3n) is 1.58. The molecule has 5 heteroatoms. The van der Waals surface area contributed by atoms with E-state index in [1.54, 1.807) is 31.4 Å². The molecule has 0 heterocycles. The first kappa shape index (κ1) is 11.0. The number of hydrogen-bond acceptors (Lipinski definition) is 3. The average molecular weight is 305 g/mol. The molecule has 0 aromatic heterocycles. The molecule has 1 aromatic rings. The van der Waals surface area contributed by atoms with Gasteiger partial charge in [0.1, 0.15) is 5.75 Å². The van der Waals surface area contributed by atoms with Crippen LogP contribution >= 0.6 is 22.6 Å². The summed E-state index contributed by atoms with van der Waals surface area (Å²) in [6, 6.07) is 7.09. The molecule has 0 N–H and O–H groups in total. The number of rotatable bonds is 3. The second-order valence-electron chi connectivity index (χ2n) is 2.49. The minimum absolute atomic E-state index is 0.466.